The highest BCUT2D eigenvalue weighted by Crippen LogP contribution is 2.28. The van der Waals surface area contributed by atoms with E-state index in [-0.39, 0.29) is 0 Å². The fraction of sp³-hybridized carbons (Fsp3) is 0.556. The van der Waals surface area contributed by atoms with Gasteiger partial charge in [0.05, 0.1) is 5.02 Å². The lowest BCUT2D eigenvalue weighted by atomic mass is 9.94. The molecule has 1 saturated heterocycles. The standard InChI is InChI=1S/C18H24ClFN4O2/c19-15-8-12(9-16(20)18(25)23-26)10-21-17(15)22-13-6-7-24(11-13)14-4-2-1-3-5-14/h8-10,13-14,26H,1-7,11H2,(H,21,22)(H,23,25)/t13-/m1/s1. The molecule has 0 radical (unpaired) electrons. The summed E-state index contributed by atoms with van der Waals surface area (Å²) in [6.07, 6.45) is 10.0. The predicted octanol–water partition coefficient (Wildman–Crippen LogP) is 3.37. The van der Waals surface area contributed by atoms with E-state index in [1.807, 2.05) is 0 Å². The summed E-state index contributed by atoms with van der Waals surface area (Å²) in [6, 6.07) is 2.53. The number of hydroxylamine groups is 1. The lowest BCUT2D eigenvalue weighted by molar-refractivity contribution is -0.126. The van der Waals surface area contributed by atoms with Crippen LogP contribution in [0.25, 0.3) is 6.08 Å². The third kappa shape index (κ3) is 4.72. The molecule has 1 atom stereocenters. The zero-order chi connectivity index (χ0) is 18.5. The van der Waals surface area contributed by atoms with Gasteiger partial charge in [0.2, 0.25) is 0 Å². The topological polar surface area (TPSA) is 77.5 Å². The maximum absolute atomic E-state index is 13.5. The summed E-state index contributed by atoms with van der Waals surface area (Å²) in [5.74, 6) is -1.77. The van der Waals surface area contributed by atoms with Crippen LogP contribution in [0.2, 0.25) is 5.02 Å². The molecule has 26 heavy (non-hydrogen) atoms. The number of pyridine rings is 1. The highest BCUT2D eigenvalue weighted by atomic mass is 35.5. The van der Waals surface area contributed by atoms with Gasteiger partial charge in [0.25, 0.3) is 0 Å². The van der Waals surface area contributed by atoms with E-state index in [0.717, 1.165) is 25.6 Å². The van der Waals surface area contributed by atoms with Crippen molar-refractivity contribution in [2.75, 3.05) is 18.4 Å². The number of halogens is 2. The molecule has 142 valence electrons. The Balaban J connectivity index is 1.59. The van der Waals surface area contributed by atoms with Crippen LogP contribution >= 0.6 is 11.6 Å². The Hall–Kier alpha value is -1.70. The van der Waals surface area contributed by atoms with Crippen molar-refractivity contribution < 1.29 is 14.4 Å². The molecule has 0 aromatic carbocycles. The van der Waals surface area contributed by atoms with E-state index in [2.05, 4.69) is 15.2 Å². The van der Waals surface area contributed by atoms with Crippen LogP contribution in [-0.2, 0) is 4.79 Å². The van der Waals surface area contributed by atoms with Crippen molar-refractivity contribution in [1.82, 2.24) is 15.4 Å². The van der Waals surface area contributed by atoms with E-state index in [0.29, 0.717) is 28.5 Å². The fourth-order valence-electron chi connectivity index (χ4n) is 3.78. The van der Waals surface area contributed by atoms with Gasteiger partial charge in [0, 0.05) is 31.4 Å². The molecule has 0 spiro atoms. The molecule has 3 N–H and O–H groups in total. The smallest absolute Gasteiger partial charge is 0.303 e. The Bertz CT molecular complexity index is 679. The first kappa shape index (κ1) is 19.1. The summed E-state index contributed by atoms with van der Waals surface area (Å²) >= 11 is 6.25. The van der Waals surface area contributed by atoms with Gasteiger partial charge in [-0.1, -0.05) is 30.9 Å². The first-order valence-electron chi connectivity index (χ1n) is 9.04. The number of hydrogen-bond donors (Lipinski definition) is 3. The summed E-state index contributed by atoms with van der Waals surface area (Å²) in [6.45, 7) is 2.07. The first-order chi connectivity index (χ1) is 12.6. The van der Waals surface area contributed by atoms with E-state index in [1.165, 1.54) is 49.8 Å². The third-order valence-electron chi connectivity index (χ3n) is 5.13. The minimum absolute atomic E-state index is 0.292. The maximum Gasteiger partial charge on any atom is 0.303 e. The Kier molecular flexibility index (Phi) is 6.45. The van der Waals surface area contributed by atoms with Gasteiger partial charge in [-0.15, -0.1) is 0 Å². The zero-order valence-electron chi connectivity index (χ0n) is 14.5. The lowest BCUT2D eigenvalue weighted by Gasteiger charge is -2.31. The molecular weight excluding hydrogens is 359 g/mol. The van der Waals surface area contributed by atoms with Crippen molar-refractivity contribution in [3.05, 3.63) is 28.7 Å². The number of carbonyl (C=O) groups is 1. The number of aromatic nitrogens is 1. The van der Waals surface area contributed by atoms with E-state index < -0.39 is 11.7 Å². The highest BCUT2D eigenvalue weighted by Gasteiger charge is 2.29. The van der Waals surface area contributed by atoms with Gasteiger partial charge in [-0.3, -0.25) is 14.9 Å². The van der Waals surface area contributed by atoms with Crippen LogP contribution in [0.15, 0.2) is 18.1 Å². The molecule has 8 heteroatoms. The normalized spacial score (nSPS) is 22.4. The van der Waals surface area contributed by atoms with Gasteiger partial charge in [-0.25, -0.2) is 14.9 Å². The van der Waals surface area contributed by atoms with Gasteiger partial charge in [-0.05, 0) is 37.0 Å². The highest BCUT2D eigenvalue weighted by molar-refractivity contribution is 6.33. The summed E-state index contributed by atoms with van der Waals surface area (Å²) in [5, 5.41) is 12.2. The molecule has 1 aromatic rings. The molecule has 1 aromatic heterocycles. The molecule has 0 unspecified atom stereocenters. The SMILES string of the molecule is O=C(NO)C(F)=Cc1cnc(N[C@@H]2CCN(C3CCCCC3)C2)c(Cl)c1. The molecule has 6 nitrogen and oxygen atoms in total. The molecule has 1 aliphatic heterocycles. The van der Waals surface area contributed by atoms with Gasteiger partial charge >= 0.3 is 5.91 Å². The van der Waals surface area contributed by atoms with Crippen LogP contribution in [0.4, 0.5) is 10.2 Å². The summed E-state index contributed by atoms with van der Waals surface area (Å²) in [5.41, 5.74) is 1.58. The number of carbonyl (C=O) groups excluding carboxylic acids is 1. The van der Waals surface area contributed by atoms with Crippen molar-refractivity contribution >= 4 is 29.4 Å². The minimum atomic E-state index is -1.21. The molecule has 2 aliphatic rings. The van der Waals surface area contributed by atoms with Crippen LogP contribution in [0.5, 0.6) is 0 Å². The number of likely N-dealkylation sites (tertiary alicyclic amines) is 1. The largest absolute Gasteiger partial charge is 0.365 e. The second kappa shape index (κ2) is 8.79. The number of rotatable bonds is 5. The van der Waals surface area contributed by atoms with Crippen molar-refractivity contribution in [3.8, 4) is 0 Å². The quantitative estimate of drug-likeness (QED) is 0.413. The van der Waals surface area contributed by atoms with Crippen molar-refractivity contribution in [2.45, 2.75) is 50.6 Å². The Morgan fingerprint density at radius 3 is 2.81 bits per heavy atom. The summed E-state index contributed by atoms with van der Waals surface area (Å²) in [4.78, 5) is 17.8. The van der Waals surface area contributed by atoms with Gasteiger partial charge in [0.15, 0.2) is 5.83 Å². The lowest BCUT2D eigenvalue weighted by Crippen LogP contribution is -2.36. The number of amides is 1. The molecule has 1 saturated carbocycles. The predicted molar refractivity (Wildman–Crippen MR) is 98.7 cm³/mol. The van der Waals surface area contributed by atoms with Crippen molar-refractivity contribution in [2.24, 2.45) is 0 Å². The molecule has 3 rings (SSSR count). The first-order valence-corrected chi connectivity index (χ1v) is 9.42. The van der Waals surface area contributed by atoms with E-state index in [9.17, 15) is 9.18 Å². The van der Waals surface area contributed by atoms with Crippen LogP contribution in [0, 0.1) is 0 Å². The molecular formula is C18H24ClFN4O2. The second-order valence-electron chi connectivity index (χ2n) is 6.95. The molecule has 2 heterocycles. The number of hydrogen-bond acceptors (Lipinski definition) is 5. The molecule has 1 amide bonds. The van der Waals surface area contributed by atoms with Crippen LogP contribution in [0.3, 0.4) is 0 Å². The van der Waals surface area contributed by atoms with Crippen molar-refractivity contribution in [3.63, 3.8) is 0 Å². The average Bonchev–Trinajstić information content (AvgIpc) is 3.12. The zero-order valence-corrected chi connectivity index (χ0v) is 15.3. The Morgan fingerprint density at radius 2 is 2.12 bits per heavy atom. The van der Waals surface area contributed by atoms with Gasteiger partial charge < -0.3 is 5.32 Å². The number of nitrogens with one attached hydrogen (secondary N) is 2. The fourth-order valence-corrected chi connectivity index (χ4v) is 4.01. The Labute approximate surface area is 157 Å². The summed E-state index contributed by atoms with van der Waals surface area (Å²) < 4.78 is 13.5. The molecule has 0 bridgehead atoms. The summed E-state index contributed by atoms with van der Waals surface area (Å²) in [7, 11) is 0. The van der Waals surface area contributed by atoms with Crippen LogP contribution in [0.1, 0.15) is 44.1 Å². The second-order valence-corrected chi connectivity index (χ2v) is 7.36. The third-order valence-corrected chi connectivity index (χ3v) is 5.41. The van der Waals surface area contributed by atoms with Gasteiger partial charge in [0.1, 0.15) is 5.82 Å². The number of anilines is 1. The number of nitrogens with zero attached hydrogens (tertiary/aromatic N) is 2. The average molecular weight is 383 g/mol. The van der Waals surface area contributed by atoms with Crippen LogP contribution < -0.4 is 10.8 Å². The Morgan fingerprint density at radius 1 is 1.35 bits per heavy atom. The molecule has 2 fully saturated rings. The van der Waals surface area contributed by atoms with E-state index in [1.54, 1.807) is 0 Å². The molecule has 1 aliphatic carbocycles. The monoisotopic (exact) mass is 382 g/mol. The maximum atomic E-state index is 13.5. The van der Waals surface area contributed by atoms with E-state index in [4.69, 9.17) is 16.8 Å². The van der Waals surface area contributed by atoms with Gasteiger partial charge in [-0.2, -0.15) is 0 Å². The van der Waals surface area contributed by atoms with E-state index >= 15 is 0 Å². The van der Waals surface area contributed by atoms with Crippen LogP contribution in [-0.4, -0.2) is 46.2 Å². The van der Waals surface area contributed by atoms with Crippen molar-refractivity contribution in [1.29, 1.82) is 0 Å². The minimum Gasteiger partial charge on any atom is -0.365 e.